The van der Waals surface area contributed by atoms with Gasteiger partial charge < -0.3 is 10.2 Å². The second-order valence-electron chi connectivity index (χ2n) is 5.38. The molecule has 0 aliphatic carbocycles. The molecule has 130 valence electrons. The fraction of sp³-hybridized carbons (Fsp3) is 0.176. The molecule has 0 saturated heterocycles. The van der Waals surface area contributed by atoms with Crippen LogP contribution >= 0.6 is 11.6 Å². The third-order valence-electron chi connectivity index (χ3n) is 3.60. The second-order valence-corrected chi connectivity index (χ2v) is 5.79. The number of anilines is 1. The summed E-state index contributed by atoms with van der Waals surface area (Å²) in [7, 11) is 0. The number of halogens is 4. The Hall–Kier alpha value is -2.54. The molecule has 2 aromatic rings. The standard InChI is InChI=1S/C17H12ClF3N2O2/c18-13-7-2-1-6-12(13)14-9-15(25-23-14)16(24)22-11-5-3-4-10(8-11)17(19,20)21/h1-8,15H,9H2,(H,22,24). The van der Waals surface area contributed by atoms with Crippen LogP contribution < -0.4 is 5.32 Å². The summed E-state index contributed by atoms with van der Waals surface area (Å²) in [5.41, 5.74) is 0.355. The molecule has 1 N–H and O–H groups in total. The topological polar surface area (TPSA) is 50.7 Å². The predicted molar refractivity (Wildman–Crippen MR) is 87.6 cm³/mol. The van der Waals surface area contributed by atoms with Crippen molar-refractivity contribution in [3.8, 4) is 0 Å². The summed E-state index contributed by atoms with van der Waals surface area (Å²) >= 11 is 6.08. The first-order valence-electron chi connectivity index (χ1n) is 7.30. The molecule has 1 amide bonds. The number of rotatable bonds is 3. The van der Waals surface area contributed by atoms with Gasteiger partial charge in [0.25, 0.3) is 5.91 Å². The number of hydrogen-bond donors (Lipinski definition) is 1. The lowest BCUT2D eigenvalue weighted by Crippen LogP contribution is -2.28. The van der Waals surface area contributed by atoms with Crippen LogP contribution in [0, 0.1) is 0 Å². The van der Waals surface area contributed by atoms with Crippen LogP contribution in [-0.4, -0.2) is 17.7 Å². The highest BCUT2D eigenvalue weighted by atomic mass is 35.5. The van der Waals surface area contributed by atoms with Crippen molar-refractivity contribution in [3.05, 3.63) is 64.7 Å². The summed E-state index contributed by atoms with van der Waals surface area (Å²) in [5.74, 6) is -0.579. The molecule has 1 unspecified atom stereocenters. The average molecular weight is 369 g/mol. The lowest BCUT2D eigenvalue weighted by atomic mass is 10.0. The fourth-order valence-electron chi connectivity index (χ4n) is 2.37. The van der Waals surface area contributed by atoms with Gasteiger partial charge in [0.2, 0.25) is 6.10 Å². The summed E-state index contributed by atoms with van der Waals surface area (Å²) in [6, 6.07) is 11.4. The van der Waals surface area contributed by atoms with Crippen LogP contribution in [0.4, 0.5) is 18.9 Å². The zero-order chi connectivity index (χ0) is 18.0. The largest absolute Gasteiger partial charge is 0.416 e. The number of oxime groups is 1. The Morgan fingerprint density at radius 2 is 1.96 bits per heavy atom. The molecule has 25 heavy (non-hydrogen) atoms. The van der Waals surface area contributed by atoms with E-state index in [1.54, 1.807) is 24.3 Å². The molecule has 1 heterocycles. The third-order valence-corrected chi connectivity index (χ3v) is 3.93. The highest BCUT2D eigenvalue weighted by molar-refractivity contribution is 6.34. The van der Waals surface area contributed by atoms with Gasteiger partial charge in [-0.25, -0.2) is 0 Å². The molecule has 0 aromatic heterocycles. The Balaban J connectivity index is 1.67. The zero-order valence-corrected chi connectivity index (χ0v) is 13.4. The van der Waals surface area contributed by atoms with E-state index in [0.29, 0.717) is 16.3 Å². The minimum absolute atomic E-state index is 0.0367. The third kappa shape index (κ3) is 3.93. The van der Waals surface area contributed by atoms with E-state index in [2.05, 4.69) is 10.5 Å². The van der Waals surface area contributed by atoms with E-state index in [1.807, 2.05) is 0 Å². The highest BCUT2D eigenvalue weighted by Crippen LogP contribution is 2.31. The van der Waals surface area contributed by atoms with E-state index in [1.165, 1.54) is 12.1 Å². The van der Waals surface area contributed by atoms with Crippen molar-refractivity contribution in [2.75, 3.05) is 5.32 Å². The van der Waals surface area contributed by atoms with E-state index in [9.17, 15) is 18.0 Å². The van der Waals surface area contributed by atoms with E-state index in [-0.39, 0.29) is 12.1 Å². The number of benzene rings is 2. The molecule has 2 aromatic carbocycles. The molecule has 0 saturated carbocycles. The lowest BCUT2D eigenvalue weighted by Gasteiger charge is -2.12. The summed E-state index contributed by atoms with van der Waals surface area (Å²) in [6.07, 6.45) is -5.24. The van der Waals surface area contributed by atoms with Crippen molar-refractivity contribution in [1.82, 2.24) is 0 Å². The number of nitrogens with zero attached hydrogens (tertiary/aromatic N) is 1. The summed E-state index contributed by atoms with van der Waals surface area (Å²) in [5, 5.41) is 6.75. The fourth-order valence-corrected chi connectivity index (χ4v) is 2.61. The van der Waals surface area contributed by atoms with E-state index >= 15 is 0 Å². The zero-order valence-electron chi connectivity index (χ0n) is 12.7. The molecular formula is C17H12ClF3N2O2. The molecule has 0 fully saturated rings. The minimum atomic E-state index is -4.48. The smallest absolute Gasteiger partial charge is 0.382 e. The maximum absolute atomic E-state index is 12.7. The molecule has 0 radical (unpaired) electrons. The highest BCUT2D eigenvalue weighted by Gasteiger charge is 2.32. The van der Waals surface area contributed by atoms with Gasteiger partial charge >= 0.3 is 6.18 Å². The molecule has 1 aliphatic rings. The van der Waals surface area contributed by atoms with Gasteiger partial charge in [0.15, 0.2) is 0 Å². The Labute approximate surface area is 146 Å². The molecule has 0 spiro atoms. The monoisotopic (exact) mass is 368 g/mol. The molecule has 3 rings (SSSR count). The SMILES string of the molecule is O=C(Nc1cccc(C(F)(F)F)c1)C1CC(c2ccccc2Cl)=NO1. The van der Waals surface area contributed by atoms with Crippen molar-refractivity contribution in [2.24, 2.45) is 5.16 Å². The first-order valence-corrected chi connectivity index (χ1v) is 7.68. The van der Waals surface area contributed by atoms with E-state index < -0.39 is 23.8 Å². The van der Waals surface area contributed by atoms with Crippen LogP contribution in [0.2, 0.25) is 5.02 Å². The maximum Gasteiger partial charge on any atom is 0.416 e. The van der Waals surface area contributed by atoms with E-state index in [0.717, 1.165) is 12.1 Å². The van der Waals surface area contributed by atoms with Gasteiger partial charge in [-0.05, 0) is 24.3 Å². The van der Waals surface area contributed by atoms with Gasteiger partial charge in [0.1, 0.15) is 0 Å². The van der Waals surface area contributed by atoms with Gasteiger partial charge in [0.05, 0.1) is 11.3 Å². The Kier molecular flexibility index (Phi) is 4.67. The Morgan fingerprint density at radius 3 is 2.68 bits per heavy atom. The van der Waals surface area contributed by atoms with Crippen LogP contribution in [0.25, 0.3) is 0 Å². The number of carbonyl (C=O) groups excluding carboxylic acids is 1. The molecule has 4 nitrogen and oxygen atoms in total. The number of nitrogens with one attached hydrogen (secondary N) is 1. The van der Waals surface area contributed by atoms with Gasteiger partial charge in [-0.3, -0.25) is 4.79 Å². The van der Waals surface area contributed by atoms with Crippen molar-refractivity contribution in [3.63, 3.8) is 0 Å². The summed E-state index contributed by atoms with van der Waals surface area (Å²) < 4.78 is 38.1. The minimum Gasteiger partial charge on any atom is -0.382 e. The van der Waals surface area contributed by atoms with Crippen molar-refractivity contribution >= 4 is 28.9 Å². The van der Waals surface area contributed by atoms with Crippen LogP contribution in [0.1, 0.15) is 17.5 Å². The number of hydrogen-bond acceptors (Lipinski definition) is 3. The first-order chi connectivity index (χ1) is 11.8. The quantitative estimate of drug-likeness (QED) is 0.867. The van der Waals surface area contributed by atoms with Gasteiger partial charge in [-0.2, -0.15) is 13.2 Å². The number of carbonyl (C=O) groups is 1. The summed E-state index contributed by atoms with van der Waals surface area (Å²) in [4.78, 5) is 17.3. The average Bonchev–Trinajstić information content (AvgIpc) is 3.04. The summed E-state index contributed by atoms with van der Waals surface area (Å²) in [6.45, 7) is 0. The van der Waals surface area contributed by atoms with Crippen LogP contribution in [0.5, 0.6) is 0 Å². The van der Waals surface area contributed by atoms with Crippen LogP contribution in [-0.2, 0) is 15.8 Å². The maximum atomic E-state index is 12.7. The predicted octanol–water partition coefficient (Wildman–Crippen LogP) is 4.49. The Bertz CT molecular complexity index is 837. The number of alkyl halides is 3. The van der Waals surface area contributed by atoms with Crippen LogP contribution in [0.15, 0.2) is 53.7 Å². The first kappa shape index (κ1) is 17.3. The molecule has 1 aliphatic heterocycles. The van der Waals surface area contributed by atoms with Gasteiger partial charge in [-0.1, -0.05) is 41.0 Å². The lowest BCUT2D eigenvalue weighted by molar-refractivity contribution is -0.137. The van der Waals surface area contributed by atoms with Gasteiger partial charge in [-0.15, -0.1) is 0 Å². The molecule has 8 heteroatoms. The molecule has 1 atom stereocenters. The van der Waals surface area contributed by atoms with E-state index in [4.69, 9.17) is 16.4 Å². The molecular weight excluding hydrogens is 357 g/mol. The van der Waals surface area contributed by atoms with Crippen molar-refractivity contribution in [2.45, 2.75) is 18.7 Å². The van der Waals surface area contributed by atoms with Gasteiger partial charge in [0, 0.05) is 22.7 Å². The van der Waals surface area contributed by atoms with Crippen molar-refractivity contribution < 1.29 is 22.8 Å². The second kappa shape index (κ2) is 6.76. The number of amides is 1. The van der Waals surface area contributed by atoms with Crippen LogP contribution in [0.3, 0.4) is 0 Å². The Morgan fingerprint density at radius 1 is 1.20 bits per heavy atom. The van der Waals surface area contributed by atoms with Crippen molar-refractivity contribution in [1.29, 1.82) is 0 Å². The molecule has 0 bridgehead atoms. The normalized spacial score (nSPS) is 17.0.